The van der Waals surface area contributed by atoms with Gasteiger partial charge in [0, 0.05) is 0 Å². The van der Waals surface area contributed by atoms with E-state index in [1.165, 1.54) is 0 Å². The van der Waals surface area contributed by atoms with Crippen LogP contribution in [0.25, 0.3) is 0 Å². The van der Waals surface area contributed by atoms with Crippen LogP contribution in [0.15, 0.2) is 0 Å². The molecule has 0 atom stereocenters. The minimum atomic E-state index is -1.03. The average Bonchev–Trinajstić information content (AvgIpc) is 1.81. The summed E-state index contributed by atoms with van der Waals surface area (Å²) >= 11 is 0. The summed E-state index contributed by atoms with van der Waals surface area (Å²) in [5.41, 5.74) is -0.0785. The molecule has 0 aliphatic rings. The van der Waals surface area contributed by atoms with Gasteiger partial charge in [0.2, 0.25) is 0 Å². The summed E-state index contributed by atoms with van der Waals surface area (Å²) in [6.45, 7) is 4.99. The fourth-order valence-electron chi connectivity index (χ4n) is 0.336. The highest BCUT2D eigenvalue weighted by Gasteiger charge is 2.12. The van der Waals surface area contributed by atoms with Crippen molar-refractivity contribution in [2.45, 2.75) is 20.8 Å². The Morgan fingerprint density at radius 1 is 1.50 bits per heavy atom. The Kier molecular flexibility index (Phi) is 3.33. The second-order valence-electron chi connectivity index (χ2n) is 3.35. The van der Waals surface area contributed by atoms with Crippen molar-refractivity contribution in [2.24, 2.45) is 5.41 Å². The highest BCUT2D eigenvalue weighted by atomic mass is 19.1. The minimum absolute atomic E-state index is 0.0785. The van der Waals surface area contributed by atoms with E-state index in [1.54, 1.807) is 0 Å². The van der Waals surface area contributed by atoms with Crippen molar-refractivity contribution in [3.8, 4) is 0 Å². The molecule has 60 valence electrons. The van der Waals surface area contributed by atoms with Gasteiger partial charge in [0.15, 0.2) is 6.67 Å². The number of alkyl halides is 1. The molecule has 0 rings (SSSR count). The number of rotatable bonds is 2. The molecule has 0 amide bonds. The summed E-state index contributed by atoms with van der Waals surface area (Å²) in [6.07, 6.45) is 0. The molecule has 0 aliphatic carbocycles. The molecule has 0 saturated carbocycles. The van der Waals surface area contributed by atoms with Gasteiger partial charge >= 0.3 is 5.97 Å². The topological polar surface area (TPSA) is 26.3 Å². The molecule has 0 heterocycles. The summed E-state index contributed by atoms with van der Waals surface area (Å²) in [7, 11) is 0. The zero-order chi connectivity index (χ0) is 8.20. The van der Waals surface area contributed by atoms with E-state index in [0.29, 0.717) is 0 Å². The molecule has 0 aromatic rings. The average molecular weight is 148 g/mol. The Bertz CT molecular complexity index is 115. The van der Waals surface area contributed by atoms with E-state index in [-0.39, 0.29) is 12.0 Å². The van der Waals surface area contributed by atoms with Crippen LogP contribution in [0.4, 0.5) is 4.39 Å². The zero-order valence-corrected chi connectivity index (χ0v) is 6.61. The van der Waals surface area contributed by atoms with Crippen LogP contribution in [-0.2, 0) is 9.53 Å². The standard InChI is InChI=1S/C7H13FO2/c1-7(2,3)5-10-6(9)4-8/h4-5H2,1-3H3. The van der Waals surface area contributed by atoms with Crippen LogP contribution in [0.3, 0.4) is 0 Å². The third-order valence-corrected chi connectivity index (χ3v) is 0.775. The van der Waals surface area contributed by atoms with Gasteiger partial charge in [-0.25, -0.2) is 9.18 Å². The molecule has 3 heteroatoms. The molecule has 0 saturated heterocycles. The van der Waals surface area contributed by atoms with Crippen LogP contribution in [0.5, 0.6) is 0 Å². The van der Waals surface area contributed by atoms with Crippen molar-refractivity contribution in [2.75, 3.05) is 13.3 Å². The van der Waals surface area contributed by atoms with Crippen molar-refractivity contribution < 1.29 is 13.9 Å². The van der Waals surface area contributed by atoms with Gasteiger partial charge in [0.05, 0.1) is 6.61 Å². The van der Waals surface area contributed by atoms with E-state index in [0.717, 1.165) is 0 Å². The summed E-state index contributed by atoms with van der Waals surface area (Å²) in [4.78, 5) is 10.3. The van der Waals surface area contributed by atoms with Gasteiger partial charge in [-0.2, -0.15) is 0 Å². The van der Waals surface area contributed by atoms with Crippen molar-refractivity contribution in [3.63, 3.8) is 0 Å². The SMILES string of the molecule is CC(C)(C)COC(=O)CF. The number of carbonyl (C=O) groups is 1. The Morgan fingerprint density at radius 2 is 2.00 bits per heavy atom. The molecule has 2 nitrogen and oxygen atoms in total. The van der Waals surface area contributed by atoms with E-state index in [4.69, 9.17) is 0 Å². The first-order valence-electron chi connectivity index (χ1n) is 3.17. The Labute approximate surface area is 60.4 Å². The van der Waals surface area contributed by atoms with Crippen LogP contribution in [0, 0.1) is 5.41 Å². The van der Waals surface area contributed by atoms with Crippen molar-refractivity contribution in [1.82, 2.24) is 0 Å². The highest BCUT2D eigenvalue weighted by molar-refractivity contribution is 5.70. The maximum absolute atomic E-state index is 11.5. The predicted molar refractivity (Wildman–Crippen MR) is 36.4 cm³/mol. The number of hydrogen-bond donors (Lipinski definition) is 0. The predicted octanol–water partition coefficient (Wildman–Crippen LogP) is 1.55. The first kappa shape index (κ1) is 9.40. The van der Waals surface area contributed by atoms with Gasteiger partial charge < -0.3 is 4.74 Å². The van der Waals surface area contributed by atoms with E-state index in [1.807, 2.05) is 20.8 Å². The van der Waals surface area contributed by atoms with Gasteiger partial charge in [-0.3, -0.25) is 0 Å². The van der Waals surface area contributed by atoms with Crippen LogP contribution in [0.2, 0.25) is 0 Å². The first-order valence-corrected chi connectivity index (χ1v) is 3.17. The molecule has 0 bridgehead atoms. The zero-order valence-electron chi connectivity index (χ0n) is 6.61. The Balaban J connectivity index is 3.46. The third kappa shape index (κ3) is 5.54. The lowest BCUT2D eigenvalue weighted by molar-refractivity contribution is -0.147. The fraction of sp³-hybridized carbons (Fsp3) is 0.857. The Hall–Kier alpha value is -0.600. The fourth-order valence-corrected chi connectivity index (χ4v) is 0.336. The largest absolute Gasteiger partial charge is 0.463 e. The van der Waals surface area contributed by atoms with Gasteiger partial charge in [0.25, 0.3) is 0 Å². The number of halogens is 1. The Morgan fingerprint density at radius 3 is 2.30 bits per heavy atom. The normalized spacial score (nSPS) is 11.2. The maximum Gasteiger partial charge on any atom is 0.337 e. The monoisotopic (exact) mass is 148 g/mol. The van der Waals surface area contributed by atoms with Crippen molar-refractivity contribution in [3.05, 3.63) is 0 Å². The lowest BCUT2D eigenvalue weighted by atomic mass is 9.99. The summed E-state index contributed by atoms with van der Waals surface area (Å²) in [5.74, 6) is -0.782. The van der Waals surface area contributed by atoms with E-state index in [9.17, 15) is 9.18 Å². The molecule has 0 N–H and O–H groups in total. The van der Waals surface area contributed by atoms with E-state index in [2.05, 4.69) is 4.74 Å². The van der Waals surface area contributed by atoms with Crippen molar-refractivity contribution >= 4 is 5.97 Å². The van der Waals surface area contributed by atoms with Gasteiger partial charge in [-0.15, -0.1) is 0 Å². The van der Waals surface area contributed by atoms with Crippen LogP contribution in [0.1, 0.15) is 20.8 Å². The highest BCUT2D eigenvalue weighted by Crippen LogP contribution is 2.12. The number of esters is 1. The summed E-state index contributed by atoms with van der Waals surface area (Å²) in [6, 6.07) is 0. The van der Waals surface area contributed by atoms with E-state index >= 15 is 0 Å². The van der Waals surface area contributed by atoms with Crippen molar-refractivity contribution in [1.29, 1.82) is 0 Å². The molecule has 0 fully saturated rings. The molecule has 10 heavy (non-hydrogen) atoms. The van der Waals surface area contributed by atoms with Gasteiger partial charge in [-0.1, -0.05) is 20.8 Å². The number of ether oxygens (including phenoxy) is 1. The number of carbonyl (C=O) groups excluding carboxylic acids is 1. The lowest BCUT2D eigenvalue weighted by Gasteiger charge is -2.16. The van der Waals surface area contributed by atoms with E-state index < -0.39 is 12.6 Å². The van der Waals surface area contributed by atoms with Gasteiger partial charge in [-0.05, 0) is 5.41 Å². The second-order valence-corrected chi connectivity index (χ2v) is 3.35. The van der Waals surface area contributed by atoms with Crippen LogP contribution >= 0.6 is 0 Å². The third-order valence-electron chi connectivity index (χ3n) is 0.775. The first-order chi connectivity index (χ1) is 4.45. The van der Waals surface area contributed by atoms with Crippen LogP contribution < -0.4 is 0 Å². The van der Waals surface area contributed by atoms with Crippen LogP contribution in [-0.4, -0.2) is 19.3 Å². The number of hydrogen-bond acceptors (Lipinski definition) is 2. The summed E-state index contributed by atoms with van der Waals surface area (Å²) in [5, 5.41) is 0. The minimum Gasteiger partial charge on any atom is -0.463 e. The molecular formula is C7H13FO2. The molecule has 0 radical (unpaired) electrons. The lowest BCUT2D eigenvalue weighted by Crippen LogP contribution is -2.18. The maximum atomic E-state index is 11.5. The molecular weight excluding hydrogens is 135 g/mol. The molecule has 0 aromatic carbocycles. The molecule has 0 aromatic heterocycles. The smallest absolute Gasteiger partial charge is 0.337 e. The molecule has 0 spiro atoms. The quantitative estimate of drug-likeness (QED) is 0.555. The van der Waals surface area contributed by atoms with Gasteiger partial charge in [0.1, 0.15) is 0 Å². The second kappa shape index (κ2) is 3.54. The molecule has 0 unspecified atom stereocenters. The summed E-state index contributed by atoms with van der Waals surface area (Å²) < 4.78 is 16.0. The molecule has 0 aliphatic heterocycles.